The lowest BCUT2D eigenvalue weighted by Crippen LogP contribution is -2.46. The Labute approximate surface area is 111 Å². The van der Waals surface area contributed by atoms with Crippen molar-refractivity contribution in [2.45, 2.75) is 65.2 Å². The van der Waals surface area contributed by atoms with Crippen molar-refractivity contribution in [3.05, 3.63) is 0 Å². The highest BCUT2D eigenvalue weighted by molar-refractivity contribution is 5.84. The van der Waals surface area contributed by atoms with Gasteiger partial charge in [0.15, 0.2) is 0 Å². The maximum atomic E-state index is 12.5. The highest BCUT2D eigenvalue weighted by atomic mass is 16.5. The lowest BCUT2D eigenvalue weighted by atomic mass is 10.0. The van der Waals surface area contributed by atoms with E-state index in [0.717, 1.165) is 19.3 Å². The van der Waals surface area contributed by atoms with Gasteiger partial charge in [-0.2, -0.15) is 0 Å². The SMILES string of the molecule is CCC(COC)N1C(=O)C(CC(C)C)NC1CC. The van der Waals surface area contributed by atoms with Gasteiger partial charge in [0.25, 0.3) is 0 Å². The van der Waals surface area contributed by atoms with Gasteiger partial charge in [-0.1, -0.05) is 27.7 Å². The van der Waals surface area contributed by atoms with Crippen LogP contribution in [0.25, 0.3) is 0 Å². The molecule has 0 saturated carbocycles. The van der Waals surface area contributed by atoms with Gasteiger partial charge in [0.1, 0.15) is 0 Å². The quantitative estimate of drug-likeness (QED) is 0.757. The van der Waals surface area contributed by atoms with Gasteiger partial charge in [0, 0.05) is 7.11 Å². The summed E-state index contributed by atoms with van der Waals surface area (Å²) >= 11 is 0. The number of hydrogen-bond acceptors (Lipinski definition) is 3. The summed E-state index contributed by atoms with van der Waals surface area (Å²) in [6, 6.07) is 0.179. The molecule has 0 aliphatic carbocycles. The number of methoxy groups -OCH3 is 1. The zero-order chi connectivity index (χ0) is 13.7. The van der Waals surface area contributed by atoms with Crippen molar-refractivity contribution in [1.29, 1.82) is 0 Å². The van der Waals surface area contributed by atoms with Crippen LogP contribution in [0, 0.1) is 5.92 Å². The molecule has 1 fully saturated rings. The van der Waals surface area contributed by atoms with E-state index in [-0.39, 0.29) is 24.2 Å². The van der Waals surface area contributed by atoms with Crippen molar-refractivity contribution in [3.63, 3.8) is 0 Å². The van der Waals surface area contributed by atoms with Crippen molar-refractivity contribution in [1.82, 2.24) is 10.2 Å². The van der Waals surface area contributed by atoms with E-state index in [2.05, 4.69) is 33.0 Å². The Bertz CT molecular complexity index is 269. The number of nitrogens with zero attached hydrogens (tertiary/aromatic N) is 1. The summed E-state index contributed by atoms with van der Waals surface area (Å²) in [6.45, 7) is 9.17. The molecule has 0 bridgehead atoms. The number of amides is 1. The van der Waals surface area contributed by atoms with Gasteiger partial charge < -0.3 is 9.64 Å². The molecule has 1 N–H and O–H groups in total. The molecule has 3 atom stereocenters. The fourth-order valence-corrected chi connectivity index (χ4v) is 2.69. The minimum Gasteiger partial charge on any atom is -0.383 e. The van der Waals surface area contributed by atoms with Crippen molar-refractivity contribution >= 4 is 5.91 Å². The highest BCUT2D eigenvalue weighted by Gasteiger charge is 2.40. The average molecular weight is 256 g/mol. The third-order valence-corrected chi connectivity index (χ3v) is 3.60. The lowest BCUT2D eigenvalue weighted by Gasteiger charge is -2.31. The molecule has 0 aromatic rings. The number of carbonyl (C=O) groups is 1. The van der Waals surface area contributed by atoms with Gasteiger partial charge >= 0.3 is 0 Å². The van der Waals surface area contributed by atoms with Crippen LogP contribution in [-0.4, -0.2) is 42.8 Å². The van der Waals surface area contributed by atoms with Crippen LogP contribution in [0.15, 0.2) is 0 Å². The minimum absolute atomic E-state index is 0.0131. The molecule has 1 aliphatic heterocycles. The molecule has 1 saturated heterocycles. The average Bonchev–Trinajstić information content (AvgIpc) is 2.63. The Morgan fingerprint density at radius 1 is 1.39 bits per heavy atom. The number of nitrogens with one attached hydrogen (secondary N) is 1. The standard InChI is InChI=1S/C14H28N2O2/c1-6-11(9-18-5)16-13(7-2)15-12(14(16)17)8-10(3)4/h10-13,15H,6-9H2,1-5H3. The fourth-order valence-electron chi connectivity index (χ4n) is 2.69. The van der Waals surface area contributed by atoms with E-state index in [1.807, 2.05) is 4.90 Å². The molecule has 3 unspecified atom stereocenters. The van der Waals surface area contributed by atoms with Crippen LogP contribution < -0.4 is 5.32 Å². The maximum Gasteiger partial charge on any atom is 0.241 e. The number of ether oxygens (including phenoxy) is 1. The van der Waals surface area contributed by atoms with Gasteiger partial charge in [-0.15, -0.1) is 0 Å². The second kappa shape index (κ2) is 7.10. The predicted octanol–water partition coefficient (Wildman–Crippen LogP) is 1.99. The first-order valence-electron chi connectivity index (χ1n) is 7.12. The Kier molecular flexibility index (Phi) is 6.09. The number of rotatable bonds is 7. The van der Waals surface area contributed by atoms with Gasteiger partial charge in [-0.05, 0) is 25.2 Å². The fraction of sp³-hybridized carbons (Fsp3) is 0.929. The molecule has 0 aromatic carbocycles. The van der Waals surface area contributed by atoms with Gasteiger partial charge in [-0.3, -0.25) is 10.1 Å². The third kappa shape index (κ3) is 3.45. The molecule has 1 amide bonds. The van der Waals surface area contributed by atoms with Crippen LogP contribution in [0.4, 0.5) is 0 Å². The van der Waals surface area contributed by atoms with Crippen LogP contribution in [-0.2, 0) is 9.53 Å². The van der Waals surface area contributed by atoms with Crippen LogP contribution >= 0.6 is 0 Å². The molecule has 0 radical (unpaired) electrons. The normalized spacial score (nSPS) is 26.1. The van der Waals surface area contributed by atoms with Crippen molar-refractivity contribution < 1.29 is 9.53 Å². The van der Waals surface area contributed by atoms with Crippen LogP contribution in [0.1, 0.15) is 47.0 Å². The first-order valence-corrected chi connectivity index (χ1v) is 7.12. The molecule has 1 heterocycles. The summed E-state index contributed by atoms with van der Waals surface area (Å²) in [5, 5.41) is 3.47. The molecule has 106 valence electrons. The lowest BCUT2D eigenvalue weighted by molar-refractivity contribution is -0.133. The number of hydrogen-bond donors (Lipinski definition) is 1. The largest absolute Gasteiger partial charge is 0.383 e. The van der Waals surface area contributed by atoms with Crippen LogP contribution in [0.5, 0.6) is 0 Å². The second-order valence-corrected chi connectivity index (χ2v) is 5.54. The molecule has 18 heavy (non-hydrogen) atoms. The maximum absolute atomic E-state index is 12.5. The Morgan fingerprint density at radius 2 is 2.06 bits per heavy atom. The minimum atomic E-state index is -0.0131. The summed E-state index contributed by atoms with van der Waals surface area (Å²) in [6.07, 6.45) is 2.96. The molecular weight excluding hydrogens is 228 g/mol. The molecule has 0 aromatic heterocycles. The van der Waals surface area contributed by atoms with Crippen molar-refractivity contribution in [3.8, 4) is 0 Å². The Balaban J connectivity index is 2.78. The smallest absolute Gasteiger partial charge is 0.241 e. The Morgan fingerprint density at radius 3 is 2.50 bits per heavy atom. The molecule has 4 nitrogen and oxygen atoms in total. The van der Waals surface area contributed by atoms with E-state index < -0.39 is 0 Å². The molecule has 1 aliphatic rings. The third-order valence-electron chi connectivity index (χ3n) is 3.60. The van der Waals surface area contributed by atoms with E-state index in [1.54, 1.807) is 7.11 Å². The molecule has 4 heteroatoms. The van der Waals surface area contributed by atoms with E-state index in [1.165, 1.54) is 0 Å². The topological polar surface area (TPSA) is 41.6 Å². The molecular formula is C14H28N2O2. The van der Waals surface area contributed by atoms with Crippen molar-refractivity contribution in [2.24, 2.45) is 5.92 Å². The first-order chi connectivity index (χ1) is 8.54. The van der Waals surface area contributed by atoms with E-state index in [4.69, 9.17) is 4.74 Å². The number of carbonyl (C=O) groups excluding carboxylic acids is 1. The summed E-state index contributed by atoms with van der Waals surface area (Å²) in [5.74, 6) is 0.783. The van der Waals surface area contributed by atoms with Gasteiger partial charge in [-0.25, -0.2) is 0 Å². The van der Waals surface area contributed by atoms with Crippen LogP contribution in [0.2, 0.25) is 0 Å². The van der Waals surface area contributed by atoms with Crippen LogP contribution in [0.3, 0.4) is 0 Å². The monoisotopic (exact) mass is 256 g/mol. The summed E-state index contributed by atoms with van der Waals surface area (Å²) in [7, 11) is 1.70. The zero-order valence-corrected chi connectivity index (χ0v) is 12.4. The van der Waals surface area contributed by atoms with Gasteiger partial charge in [0.2, 0.25) is 5.91 Å². The summed E-state index contributed by atoms with van der Waals surface area (Å²) < 4.78 is 5.24. The second-order valence-electron chi connectivity index (χ2n) is 5.54. The van der Waals surface area contributed by atoms with Crippen molar-refractivity contribution in [2.75, 3.05) is 13.7 Å². The summed E-state index contributed by atoms with van der Waals surface area (Å²) in [5.41, 5.74) is 0. The van der Waals surface area contributed by atoms with Gasteiger partial charge in [0.05, 0.1) is 24.9 Å². The predicted molar refractivity (Wildman–Crippen MR) is 73.3 cm³/mol. The highest BCUT2D eigenvalue weighted by Crippen LogP contribution is 2.22. The van der Waals surface area contributed by atoms with E-state index in [0.29, 0.717) is 12.5 Å². The van der Waals surface area contributed by atoms with E-state index in [9.17, 15) is 4.79 Å². The summed E-state index contributed by atoms with van der Waals surface area (Å²) in [4.78, 5) is 14.5. The first kappa shape index (κ1) is 15.4. The molecule has 1 rings (SSSR count). The Hall–Kier alpha value is -0.610. The molecule has 0 spiro atoms. The zero-order valence-electron chi connectivity index (χ0n) is 12.4. The van der Waals surface area contributed by atoms with E-state index >= 15 is 0 Å².